The quantitative estimate of drug-likeness (QED) is 0.222. The second-order valence-electron chi connectivity index (χ2n) is 12.3. The van der Waals surface area contributed by atoms with Gasteiger partial charge in [-0.05, 0) is 67.8 Å². The number of aromatic nitrogens is 4. The van der Waals surface area contributed by atoms with Crippen molar-refractivity contribution in [2.45, 2.75) is 70.7 Å². The molecule has 3 aromatic heterocycles. The van der Waals surface area contributed by atoms with E-state index in [1.807, 2.05) is 13.0 Å². The third-order valence-electron chi connectivity index (χ3n) is 8.13. The van der Waals surface area contributed by atoms with E-state index < -0.39 is 8.32 Å². The van der Waals surface area contributed by atoms with Crippen molar-refractivity contribution in [2.24, 2.45) is 5.41 Å². The lowest BCUT2D eigenvalue weighted by molar-refractivity contribution is -0.259. The molecule has 1 amide bonds. The zero-order chi connectivity index (χ0) is 28.2. The van der Waals surface area contributed by atoms with Crippen LogP contribution in [-0.4, -0.2) is 53.7 Å². The molecule has 0 spiro atoms. The summed E-state index contributed by atoms with van der Waals surface area (Å²) >= 11 is 7.34. The van der Waals surface area contributed by atoms with Gasteiger partial charge in [0.2, 0.25) is 5.13 Å². The summed E-state index contributed by atoms with van der Waals surface area (Å²) in [6.45, 7) is 13.9. The van der Waals surface area contributed by atoms with E-state index >= 15 is 0 Å². The molecule has 3 aliphatic carbocycles. The van der Waals surface area contributed by atoms with Crippen molar-refractivity contribution >= 4 is 42.3 Å². The lowest BCUT2D eigenvalue weighted by Gasteiger charge is -2.71. The predicted molar refractivity (Wildman–Crippen MR) is 154 cm³/mol. The number of halogens is 1. The molecule has 0 unspecified atom stereocenters. The molecule has 3 aliphatic rings. The van der Waals surface area contributed by atoms with Gasteiger partial charge in [-0.2, -0.15) is 0 Å². The van der Waals surface area contributed by atoms with Crippen LogP contribution in [0.3, 0.4) is 0 Å². The van der Waals surface area contributed by atoms with E-state index in [2.05, 4.69) is 59.3 Å². The Balaban J connectivity index is 1.21. The average molecular weight is 588 g/mol. The Bertz CT molecular complexity index is 1400. The highest BCUT2D eigenvalue weighted by Gasteiger charge is 2.70. The molecule has 0 aliphatic heterocycles. The Morgan fingerprint density at radius 1 is 1.13 bits per heavy atom. The summed E-state index contributed by atoms with van der Waals surface area (Å²) in [5.41, 5.74) is 2.55. The maximum atomic E-state index is 13.3. The zero-order valence-electron chi connectivity index (χ0n) is 23.3. The first-order valence-electron chi connectivity index (χ1n) is 12.9. The second-order valence-corrected chi connectivity index (χ2v) is 18.3. The van der Waals surface area contributed by atoms with Crippen molar-refractivity contribution in [3.63, 3.8) is 0 Å². The van der Waals surface area contributed by atoms with E-state index in [4.69, 9.17) is 25.5 Å². The number of aryl methyl sites for hydroxylation is 1. The molecule has 2 bridgehead atoms. The monoisotopic (exact) mass is 587 g/mol. The fraction of sp³-hybridized carbons (Fsp3) is 0.519. The summed E-state index contributed by atoms with van der Waals surface area (Å²) < 4.78 is 18.2. The highest BCUT2D eigenvalue weighted by atomic mass is 35.5. The number of anilines is 1. The highest BCUT2D eigenvalue weighted by Crippen LogP contribution is 2.70. The summed E-state index contributed by atoms with van der Waals surface area (Å²) in [5.74, 6) is 0.120. The van der Waals surface area contributed by atoms with Gasteiger partial charge in [0.15, 0.2) is 8.32 Å². The van der Waals surface area contributed by atoms with E-state index in [1.165, 1.54) is 23.7 Å². The van der Waals surface area contributed by atoms with Gasteiger partial charge < -0.3 is 13.9 Å². The summed E-state index contributed by atoms with van der Waals surface area (Å²) in [6, 6.07) is 3.47. The molecule has 208 valence electrons. The van der Waals surface area contributed by atoms with Crippen molar-refractivity contribution in [1.29, 1.82) is 0 Å². The van der Waals surface area contributed by atoms with Gasteiger partial charge in [-0.15, -0.1) is 5.10 Å². The van der Waals surface area contributed by atoms with Gasteiger partial charge in [0.1, 0.15) is 10.9 Å². The Kier molecular flexibility index (Phi) is 7.02. The molecule has 0 aromatic carbocycles. The van der Waals surface area contributed by atoms with Gasteiger partial charge in [-0.3, -0.25) is 15.1 Å². The van der Waals surface area contributed by atoms with Crippen LogP contribution in [0.1, 0.15) is 56.1 Å². The second kappa shape index (κ2) is 9.79. The first kappa shape index (κ1) is 27.9. The third-order valence-corrected chi connectivity index (χ3v) is 13.6. The number of hydrogen-bond acceptors (Lipinski definition) is 9. The van der Waals surface area contributed by atoms with Crippen LogP contribution in [0.5, 0.6) is 10.9 Å². The summed E-state index contributed by atoms with van der Waals surface area (Å²) in [6.07, 6.45) is 6.13. The molecule has 9 nitrogen and oxygen atoms in total. The molecule has 0 saturated heterocycles. The first-order valence-corrected chi connectivity index (χ1v) is 17.0. The van der Waals surface area contributed by atoms with Gasteiger partial charge in [0, 0.05) is 28.4 Å². The van der Waals surface area contributed by atoms with E-state index in [9.17, 15) is 4.79 Å². The largest absolute Gasteiger partial charge is 0.494 e. The number of carbonyl (C=O) groups excluding carboxylic acids is 1. The van der Waals surface area contributed by atoms with Crippen LogP contribution in [0, 0.1) is 12.3 Å². The topological polar surface area (TPSA) is 108 Å². The van der Waals surface area contributed by atoms with Crippen molar-refractivity contribution in [3.8, 4) is 22.1 Å². The molecule has 1 N–H and O–H groups in total. The lowest BCUT2D eigenvalue weighted by Crippen LogP contribution is -2.73. The molecule has 3 fully saturated rings. The Hall–Kier alpha value is -2.60. The number of methoxy groups -OCH3 is 1. The molecular formula is C27H34ClN5O4SSi. The average Bonchev–Trinajstić information content (AvgIpc) is 3.25. The molecule has 12 heteroatoms. The summed E-state index contributed by atoms with van der Waals surface area (Å²) in [5, 5.41) is 12.3. The van der Waals surface area contributed by atoms with Gasteiger partial charge in [-0.25, -0.2) is 4.98 Å². The van der Waals surface area contributed by atoms with Crippen molar-refractivity contribution in [2.75, 3.05) is 19.0 Å². The van der Waals surface area contributed by atoms with Crippen molar-refractivity contribution in [3.05, 3.63) is 40.9 Å². The lowest BCUT2D eigenvalue weighted by atomic mass is 9.41. The maximum absolute atomic E-state index is 13.3. The number of nitrogens with one attached hydrogen (secondary N) is 1. The van der Waals surface area contributed by atoms with Crippen LogP contribution in [0.15, 0.2) is 24.5 Å². The predicted octanol–water partition coefficient (Wildman–Crippen LogP) is 6.54. The molecule has 3 aromatic rings. The minimum atomic E-state index is -1.79. The Morgan fingerprint density at radius 2 is 1.85 bits per heavy atom. The van der Waals surface area contributed by atoms with Crippen molar-refractivity contribution in [1.82, 2.24) is 20.2 Å². The maximum Gasteiger partial charge on any atom is 0.295 e. The number of rotatable bonds is 9. The van der Waals surface area contributed by atoms with Crippen LogP contribution in [-0.2, 0) is 4.43 Å². The van der Waals surface area contributed by atoms with E-state index in [1.54, 1.807) is 13.2 Å². The molecule has 6 rings (SSSR count). The number of amides is 1. The number of hydrogen-bond donors (Lipinski definition) is 1. The van der Waals surface area contributed by atoms with E-state index in [0.717, 1.165) is 25.0 Å². The normalized spacial score (nSPS) is 22.1. The van der Waals surface area contributed by atoms with Gasteiger partial charge in [-0.1, -0.05) is 37.5 Å². The number of carbonyl (C=O) groups is 1. The fourth-order valence-corrected chi connectivity index (χ4v) is 7.66. The Labute approximate surface area is 238 Å². The third kappa shape index (κ3) is 5.41. The number of ether oxygens (including phenoxy) is 2. The van der Waals surface area contributed by atoms with E-state index in [-0.39, 0.29) is 22.0 Å². The van der Waals surface area contributed by atoms with Crippen LogP contribution < -0.4 is 14.8 Å². The smallest absolute Gasteiger partial charge is 0.295 e. The highest BCUT2D eigenvalue weighted by molar-refractivity contribution is 7.17. The SMILES string of the molecule is COc1cnc(Cl)cc1-c1cc(C)ncc1C(=O)Nc1nnc(OCC23CC(O[Si](C)(C)C(C)(C)C)(C2)C3)s1. The minimum Gasteiger partial charge on any atom is -0.494 e. The van der Waals surface area contributed by atoms with Crippen LogP contribution >= 0.6 is 22.9 Å². The molecule has 3 heterocycles. The van der Waals surface area contributed by atoms with Crippen LogP contribution in [0.4, 0.5) is 5.13 Å². The number of nitrogens with zero attached hydrogens (tertiary/aromatic N) is 4. The minimum absolute atomic E-state index is 0.0358. The molecule has 39 heavy (non-hydrogen) atoms. The number of pyridine rings is 2. The Morgan fingerprint density at radius 3 is 2.51 bits per heavy atom. The molecule has 3 saturated carbocycles. The van der Waals surface area contributed by atoms with Gasteiger partial charge in [0.25, 0.3) is 11.1 Å². The van der Waals surface area contributed by atoms with Gasteiger partial charge in [0.05, 0.1) is 31.1 Å². The van der Waals surface area contributed by atoms with Crippen LogP contribution in [0.25, 0.3) is 11.1 Å². The van der Waals surface area contributed by atoms with Crippen LogP contribution in [0.2, 0.25) is 23.3 Å². The standard InChI is InChI=1S/C27H34ClN5O4SSi/c1-16-8-17(18-9-21(28)30-11-20(18)35-5)19(10-29-16)22(34)31-23-32-33-24(38-23)36-15-26-12-27(13-26,14-26)37-39(6,7)25(2,3)4/h8-11H,12-15H2,1-7H3,(H,31,32,34). The molecule has 0 atom stereocenters. The summed E-state index contributed by atoms with van der Waals surface area (Å²) in [7, 11) is -0.251. The van der Waals surface area contributed by atoms with Gasteiger partial charge >= 0.3 is 0 Å². The molecular weight excluding hydrogens is 554 g/mol. The fourth-order valence-electron chi connectivity index (χ4n) is 5.30. The zero-order valence-corrected chi connectivity index (χ0v) is 25.9. The van der Waals surface area contributed by atoms with Crippen molar-refractivity contribution < 1.29 is 18.7 Å². The summed E-state index contributed by atoms with van der Waals surface area (Å²) in [4.78, 5) is 21.6. The van der Waals surface area contributed by atoms with E-state index in [0.29, 0.717) is 44.5 Å². The molecule has 0 radical (unpaired) electrons. The first-order chi connectivity index (χ1) is 18.2.